The second kappa shape index (κ2) is 26.6. The van der Waals surface area contributed by atoms with E-state index in [0.29, 0.717) is 22.7 Å². The first-order chi connectivity index (χ1) is 19.1. The van der Waals surface area contributed by atoms with Gasteiger partial charge in [-0.05, 0) is 0 Å². The van der Waals surface area contributed by atoms with Crippen LogP contribution in [0.15, 0.2) is 69.9 Å². The molecule has 0 spiro atoms. The van der Waals surface area contributed by atoms with Crippen molar-refractivity contribution in [1.29, 1.82) is 0 Å². The first-order valence-electron chi connectivity index (χ1n) is 15.2. The van der Waals surface area contributed by atoms with Crippen LogP contribution in [0.2, 0.25) is 26.2 Å². The van der Waals surface area contributed by atoms with Gasteiger partial charge in [-0.1, -0.05) is 91.9 Å². The molecule has 2 atom stereocenters. The Morgan fingerprint density at radius 1 is 0.614 bits per heavy atom. The standard InChI is InChI=1S/2C9H13.2C8H11.2C2H6Si.2ClH.2Zr/c2*1-9(2,3)8-6-4-5-7-8;2*1-6-4-7(2)8(3)5-6;2*1-3-2;;;;/h2*6-7H,4H2,1-3H3;2*4,6H,1-3H3;2*1-2H3;2*1H;;/q4*-1;;;;;2*+2/p-2. The van der Waals surface area contributed by atoms with Crippen molar-refractivity contribution < 1.29 is 71.5 Å². The Morgan fingerprint density at radius 3 is 0.932 bits per heavy atom. The minimum absolute atomic E-state index is 0. The molecule has 244 valence electrons. The molecule has 0 aromatic carbocycles. The molecule has 4 aliphatic carbocycles. The number of allylic oxidation sites excluding steroid dienone is 16. The fraction of sp³-hybridized carbons (Fsp3) is 0.579. The summed E-state index contributed by atoms with van der Waals surface area (Å²) in [5.41, 5.74) is 9.31. The van der Waals surface area contributed by atoms with E-state index in [1.54, 1.807) is 46.7 Å². The van der Waals surface area contributed by atoms with E-state index in [-0.39, 0.29) is 35.7 Å². The summed E-state index contributed by atoms with van der Waals surface area (Å²) in [6, 6.07) is 0. The Morgan fingerprint density at radius 2 is 0.864 bits per heavy atom. The quantitative estimate of drug-likeness (QED) is 0.218. The number of rotatable bonds is 0. The average Bonchev–Trinajstić information content (AvgIpc) is 3.59. The summed E-state index contributed by atoms with van der Waals surface area (Å²) in [6.45, 7) is 35.4. The van der Waals surface area contributed by atoms with Crippen LogP contribution in [0, 0.1) is 47.0 Å². The molecule has 0 aliphatic heterocycles. The van der Waals surface area contributed by atoms with Gasteiger partial charge in [0.15, 0.2) is 0 Å². The monoisotopic (exact) mass is 822 g/mol. The van der Waals surface area contributed by atoms with E-state index in [4.69, 9.17) is 0 Å². The minimum atomic E-state index is 0. The van der Waals surface area contributed by atoms with Crippen LogP contribution in [0.25, 0.3) is 0 Å². The molecule has 2 unspecified atom stereocenters. The van der Waals surface area contributed by atoms with Crippen LogP contribution in [-0.4, -0.2) is 10.9 Å². The van der Waals surface area contributed by atoms with Gasteiger partial charge in [0, 0.05) is 0 Å². The van der Waals surface area contributed by atoms with Crippen LogP contribution < -0.4 is 24.8 Å². The van der Waals surface area contributed by atoms with Crippen LogP contribution in [0.1, 0.15) is 95.9 Å². The molecule has 0 saturated carbocycles. The van der Waals surface area contributed by atoms with Gasteiger partial charge < -0.3 is 24.8 Å². The number of halogens is 2. The van der Waals surface area contributed by atoms with Gasteiger partial charge in [-0.3, -0.25) is 24.3 Å². The van der Waals surface area contributed by atoms with E-state index in [1.165, 1.54) is 33.4 Å². The topological polar surface area (TPSA) is 0 Å². The number of hydrogen-bond donors (Lipinski definition) is 0. The zero-order valence-corrected chi connectivity index (χ0v) is 39.2. The van der Waals surface area contributed by atoms with Crippen molar-refractivity contribution in [2.75, 3.05) is 0 Å². The van der Waals surface area contributed by atoms with Crippen molar-refractivity contribution in [3.63, 3.8) is 0 Å². The van der Waals surface area contributed by atoms with E-state index in [2.05, 4.69) is 170 Å². The fourth-order valence-electron chi connectivity index (χ4n) is 3.83. The number of hydrogen-bond acceptors (Lipinski definition) is 0. The smallest absolute Gasteiger partial charge is 1.00 e. The van der Waals surface area contributed by atoms with Gasteiger partial charge in [0.1, 0.15) is 0 Å². The molecule has 0 N–H and O–H groups in total. The van der Waals surface area contributed by atoms with Gasteiger partial charge in [-0.2, -0.15) is 35.5 Å². The first kappa shape index (κ1) is 51.5. The first-order valence-corrected chi connectivity index (χ1v) is 27.6. The summed E-state index contributed by atoms with van der Waals surface area (Å²) >= 11 is 3.48. The van der Waals surface area contributed by atoms with E-state index in [1.807, 2.05) is 0 Å². The molecule has 0 radical (unpaired) electrons. The molecule has 0 aromatic rings. The Hall–Kier alpha value is 0.700. The Balaban J connectivity index is -0.000000222. The van der Waals surface area contributed by atoms with E-state index >= 15 is 0 Å². The van der Waals surface area contributed by atoms with Crippen LogP contribution in [-0.2, 0) is 46.7 Å². The second-order valence-electron chi connectivity index (χ2n) is 13.7. The van der Waals surface area contributed by atoms with Crippen LogP contribution >= 0.6 is 0 Å². The molecule has 4 aliphatic rings. The molecule has 0 aromatic heterocycles. The van der Waals surface area contributed by atoms with Gasteiger partial charge in [-0.15, -0.1) is 26.7 Å². The molecule has 6 heteroatoms. The second-order valence-corrected chi connectivity index (χ2v) is 32.5. The van der Waals surface area contributed by atoms with Crippen molar-refractivity contribution in [3.8, 4) is 0 Å². The molecule has 44 heavy (non-hydrogen) atoms. The molecule has 0 fully saturated rings. The molecule has 4 rings (SSSR count). The predicted molar refractivity (Wildman–Crippen MR) is 186 cm³/mol. The predicted octanol–water partition coefficient (Wildman–Crippen LogP) is 5.68. The summed E-state index contributed by atoms with van der Waals surface area (Å²) in [4.78, 5) is 0. The van der Waals surface area contributed by atoms with E-state index in [0.717, 1.165) is 12.8 Å². The third-order valence-electron chi connectivity index (χ3n) is 6.20. The van der Waals surface area contributed by atoms with E-state index < -0.39 is 0 Å². The van der Waals surface area contributed by atoms with Crippen molar-refractivity contribution in [3.05, 3.63) is 94.2 Å². The maximum atomic E-state index is 3.29. The summed E-state index contributed by atoms with van der Waals surface area (Å²) < 4.78 is 0. The molecule has 0 heterocycles. The SMILES string of the molecule is CC(C)(C)C1=CC[C-]=C1.CC(C)(C)C1=CC[C-]=C1.CC1=[C-]C(C)C=C1C.CC1=[C-]C(C)C=C1C.C[Si](C)=[Zr+2].C[Si](C)=[Zr+2].[Cl-].[Cl-]. The molecule has 0 nitrogen and oxygen atoms in total. The van der Waals surface area contributed by atoms with Gasteiger partial charge in [-0.25, -0.2) is 34.4 Å². The summed E-state index contributed by atoms with van der Waals surface area (Å²) in [6.07, 6.45) is 28.0. The molecule has 0 bridgehead atoms. The zero-order valence-electron chi connectivity index (χ0n) is 30.8. The third kappa shape index (κ3) is 28.9. The molecular weight excluding hydrogens is 766 g/mol. The van der Waals surface area contributed by atoms with Crippen molar-refractivity contribution in [1.82, 2.24) is 0 Å². The van der Waals surface area contributed by atoms with Gasteiger partial charge in [0.2, 0.25) is 0 Å². The maximum Gasteiger partial charge on any atom is -1.00 e. The largest absolute Gasteiger partial charge is 1.00 e. The summed E-state index contributed by atoms with van der Waals surface area (Å²) in [7, 11) is 0. The van der Waals surface area contributed by atoms with Crippen LogP contribution in [0.5, 0.6) is 0 Å². The Bertz CT molecular complexity index is 998. The molecule has 0 saturated heterocycles. The third-order valence-corrected chi connectivity index (χ3v) is 6.20. The Kier molecular flexibility index (Phi) is 31.2. The van der Waals surface area contributed by atoms with Crippen molar-refractivity contribution in [2.45, 2.75) is 122 Å². The maximum absolute atomic E-state index is 3.29. The molecular formula is C38H60Cl2Si2Zr2-2. The normalized spacial score (nSPS) is 18.8. The van der Waals surface area contributed by atoms with Crippen LogP contribution in [0.3, 0.4) is 0 Å². The Labute approximate surface area is 318 Å². The summed E-state index contributed by atoms with van der Waals surface area (Å²) in [5.74, 6) is 1.10. The fourth-order valence-corrected chi connectivity index (χ4v) is 3.83. The van der Waals surface area contributed by atoms with Gasteiger partial charge in [0.05, 0.1) is 0 Å². The van der Waals surface area contributed by atoms with Gasteiger partial charge in [0.25, 0.3) is 0 Å². The van der Waals surface area contributed by atoms with E-state index in [9.17, 15) is 0 Å². The average molecular weight is 826 g/mol. The van der Waals surface area contributed by atoms with Gasteiger partial charge >= 0.3 is 83.7 Å². The zero-order chi connectivity index (χ0) is 33.3. The van der Waals surface area contributed by atoms with Crippen molar-refractivity contribution >= 4 is 10.9 Å². The molecule has 0 amide bonds. The van der Waals surface area contributed by atoms with Crippen LogP contribution in [0.4, 0.5) is 0 Å². The summed E-state index contributed by atoms with van der Waals surface area (Å²) in [5, 5.41) is 0. The minimum Gasteiger partial charge on any atom is -1.00 e. The van der Waals surface area contributed by atoms with Crippen molar-refractivity contribution in [2.24, 2.45) is 22.7 Å².